The van der Waals surface area contributed by atoms with E-state index in [1.165, 1.54) is 0 Å². The predicted molar refractivity (Wildman–Crippen MR) is 73.7 cm³/mol. The third-order valence-electron chi connectivity index (χ3n) is 2.44. The number of aromatic nitrogens is 2. The molecular formula is C13H16BrN3. The third-order valence-corrected chi connectivity index (χ3v) is 2.94. The molecule has 1 aromatic heterocycles. The summed E-state index contributed by atoms with van der Waals surface area (Å²) in [5, 5.41) is 3.33. The third kappa shape index (κ3) is 3.41. The number of rotatable bonds is 4. The minimum absolute atomic E-state index is 0.467. The molecule has 0 bridgehead atoms. The summed E-state index contributed by atoms with van der Waals surface area (Å²) in [5.41, 5.74) is 2.19. The van der Waals surface area contributed by atoms with Crippen LogP contribution in [-0.2, 0) is 6.54 Å². The monoisotopic (exact) mass is 293 g/mol. The zero-order valence-corrected chi connectivity index (χ0v) is 11.6. The highest BCUT2D eigenvalue weighted by Gasteiger charge is 2.03. The average Bonchev–Trinajstić information content (AvgIpc) is 2.75. The van der Waals surface area contributed by atoms with E-state index in [9.17, 15) is 0 Å². The average molecular weight is 294 g/mol. The van der Waals surface area contributed by atoms with E-state index in [-0.39, 0.29) is 0 Å². The second-order valence-electron chi connectivity index (χ2n) is 4.29. The molecule has 90 valence electrons. The van der Waals surface area contributed by atoms with Crippen molar-refractivity contribution in [2.45, 2.75) is 26.4 Å². The van der Waals surface area contributed by atoms with Crippen molar-refractivity contribution in [3.8, 4) is 11.3 Å². The Labute approximate surface area is 110 Å². The molecule has 0 saturated carbocycles. The molecule has 0 fully saturated rings. The Balaban J connectivity index is 2.12. The summed E-state index contributed by atoms with van der Waals surface area (Å²) < 4.78 is 1.08. The number of nitrogens with one attached hydrogen (secondary N) is 2. The van der Waals surface area contributed by atoms with E-state index in [1.807, 2.05) is 18.3 Å². The Hall–Kier alpha value is -1.13. The first-order chi connectivity index (χ1) is 8.15. The second-order valence-corrected chi connectivity index (χ2v) is 5.21. The van der Waals surface area contributed by atoms with E-state index in [0.717, 1.165) is 28.1 Å². The molecular weight excluding hydrogens is 278 g/mol. The van der Waals surface area contributed by atoms with Gasteiger partial charge in [-0.05, 0) is 12.1 Å². The number of nitrogens with zero attached hydrogens (tertiary/aromatic N) is 1. The van der Waals surface area contributed by atoms with Gasteiger partial charge in [-0.3, -0.25) is 0 Å². The van der Waals surface area contributed by atoms with Gasteiger partial charge in [0.15, 0.2) is 0 Å². The molecule has 0 saturated heterocycles. The predicted octanol–water partition coefficient (Wildman–Crippen LogP) is 3.34. The van der Waals surface area contributed by atoms with E-state index in [1.54, 1.807) is 0 Å². The number of hydrogen-bond donors (Lipinski definition) is 2. The van der Waals surface area contributed by atoms with Crippen molar-refractivity contribution in [3.63, 3.8) is 0 Å². The topological polar surface area (TPSA) is 40.7 Å². The normalized spacial score (nSPS) is 11.1. The van der Waals surface area contributed by atoms with Crippen LogP contribution in [0, 0.1) is 0 Å². The number of hydrogen-bond acceptors (Lipinski definition) is 2. The molecule has 0 atom stereocenters. The molecule has 17 heavy (non-hydrogen) atoms. The molecule has 1 aromatic carbocycles. The number of benzene rings is 1. The minimum Gasteiger partial charge on any atom is -0.341 e. The molecule has 0 unspecified atom stereocenters. The zero-order valence-electron chi connectivity index (χ0n) is 10.00. The van der Waals surface area contributed by atoms with Crippen molar-refractivity contribution >= 4 is 15.9 Å². The maximum absolute atomic E-state index is 4.36. The van der Waals surface area contributed by atoms with E-state index in [0.29, 0.717) is 6.04 Å². The van der Waals surface area contributed by atoms with Crippen LogP contribution < -0.4 is 5.32 Å². The number of halogens is 1. The Bertz CT molecular complexity index is 491. The van der Waals surface area contributed by atoms with Crippen molar-refractivity contribution in [2.24, 2.45) is 0 Å². The lowest BCUT2D eigenvalue weighted by Crippen LogP contribution is -2.22. The summed E-state index contributed by atoms with van der Waals surface area (Å²) in [4.78, 5) is 7.68. The van der Waals surface area contributed by atoms with Crippen LogP contribution in [0.25, 0.3) is 11.3 Å². The summed E-state index contributed by atoms with van der Waals surface area (Å²) in [6.45, 7) is 5.02. The quantitative estimate of drug-likeness (QED) is 0.908. The van der Waals surface area contributed by atoms with Gasteiger partial charge >= 0.3 is 0 Å². The lowest BCUT2D eigenvalue weighted by molar-refractivity contribution is 0.575. The molecule has 0 amide bonds. The molecule has 0 aliphatic carbocycles. The van der Waals surface area contributed by atoms with Crippen molar-refractivity contribution in [3.05, 3.63) is 40.8 Å². The fourth-order valence-electron chi connectivity index (χ4n) is 1.56. The van der Waals surface area contributed by atoms with Crippen LogP contribution in [0.3, 0.4) is 0 Å². The van der Waals surface area contributed by atoms with Gasteiger partial charge in [0.1, 0.15) is 5.82 Å². The van der Waals surface area contributed by atoms with Gasteiger partial charge in [0.2, 0.25) is 0 Å². The van der Waals surface area contributed by atoms with Gasteiger partial charge in [0, 0.05) is 16.1 Å². The van der Waals surface area contributed by atoms with Crippen molar-refractivity contribution in [1.29, 1.82) is 0 Å². The van der Waals surface area contributed by atoms with Crippen LogP contribution in [-0.4, -0.2) is 16.0 Å². The Morgan fingerprint density at radius 1 is 1.41 bits per heavy atom. The largest absolute Gasteiger partial charge is 0.341 e. The first-order valence-corrected chi connectivity index (χ1v) is 6.47. The highest BCUT2D eigenvalue weighted by molar-refractivity contribution is 9.10. The van der Waals surface area contributed by atoms with Crippen molar-refractivity contribution in [1.82, 2.24) is 15.3 Å². The fourth-order valence-corrected chi connectivity index (χ4v) is 1.96. The van der Waals surface area contributed by atoms with Gasteiger partial charge in [0.05, 0.1) is 18.4 Å². The van der Waals surface area contributed by atoms with E-state index >= 15 is 0 Å². The molecule has 3 nitrogen and oxygen atoms in total. The molecule has 0 radical (unpaired) electrons. The summed E-state index contributed by atoms with van der Waals surface area (Å²) in [6.07, 6.45) is 1.87. The molecule has 0 aliphatic heterocycles. The SMILES string of the molecule is CC(C)NCc1ncc(-c2cccc(Br)c2)[nH]1. The van der Waals surface area contributed by atoms with Crippen molar-refractivity contribution < 1.29 is 0 Å². The second kappa shape index (κ2) is 5.47. The lowest BCUT2D eigenvalue weighted by Gasteiger charge is -2.05. The van der Waals surface area contributed by atoms with Crippen LogP contribution >= 0.6 is 15.9 Å². The van der Waals surface area contributed by atoms with Crippen LogP contribution in [0.15, 0.2) is 34.9 Å². The first kappa shape index (κ1) is 12.3. The standard InChI is InChI=1S/C13H16BrN3/c1-9(2)15-8-13-16-7-12(17-13)10-4-3-5-11(14)6-10/h3-7,9,15H,8H2,1-2H3,(H,16,17). The van der Waals surface area contributed by atoms with Gasteiger partial charge in [-0.15, -0.1) is 0 Å². The molecule has 0 aliphatic rings. The number of H-pyrrole nitrogens is 1. The van der Waals surface area contributed by atoms with Crippen LogP contribution in [0.4, 0.5) is 0 Å². The maximum atomic E-state index is 4.36. The fraction of sp³-hybridized carbons (Fsp3) is 0.308. The number of imidazole rings is 1. The summed E-state index contributed by atoms with van der Waals surface area (Å²) in [6, 6.07) is 8.65. The van der Waals surface area contributed by atoms with E-state index in [4.69, 9.17) is 0 Å². The Morgan fingerprint density at radius 2 is 2.24 bits per heavy atom. The van der Waals surface area contributed by atoms with Crippen molar-refractivity contribution in [2.75, 3.05) is 0 Å². The van der Waals surface area contributed by atoms with Crippen LogP contribution in [0.1, 0.15) is 19.7 Å². The van der Waals surface area contributed by atoms with E-state index < -0.39 is 0 Å². The smallest absolute Gasteiger partial charge is 0.120 e. The summed E-state index contributed by atoms with van der Waals surface area (Å²) >= 11 is 3.47. The summed E-state index contributed by atoms with van der Waals surface area (Å²) in [5.74, 6) is 0.966. The van der Waals surface area contributed by atoms with Crippen LogP contribution in [0.2, 0.25) is 0 Å². The zero-order chi connectivity index (χ0) is 12.3. The molecule has 0 spiro atoms. The van der Waals surface area contributed by atoms with Gasteiger partial charge in [-0.25, -0.2) is 4.98 Å². The molecule has 2 N–H and O–H groups in total. The van der Waals surface area contributed by atoms with Crippen LogP contribution in [0.5, 0.6) is 0 Å². The molecule has 1 heterocycles. The van der Waals surface area contributed by atoms with E-state index in [2.05, 4.69) is 57.2 Å². The minimum atomic E-state index is 0.467. The molecule has 2 aromatic rings. The first-order valence-electron chi connectivity index (χ1n) is 5.68. The lowest BCUT2D eigenvalue weighted by atomic mass is 10.2. The maximum Gasteiger partial charge on any atom is 0.120 e. The highest BCUT2D eigenvalue weighted by atomic mass is 79.9. The molecule has 2 rings (SSSR count). The summed E-state index contributed by atoms with van der Waals surface area (Å²) in [7, 11) is 0. The Morgan fingerprint density at radius 3 is 2.94 bits per heavy atom. The number of aromatic amines is 1. The van der Waals surface area contributed by atoms with Gasteiger partial charge < -0.3 is 10.3 Å². The molecule has 4 heteroatoms. The highest BCUT2D eigenvalue weighted by Crippen LogP contribution is 2.21. The van der Waals surface area contributed by atoms with Gasteiger partial charge in [0.25, 0.3) is 0 Å². The Kier molecular flexibility index (Phi) is 3.97. The van der Waals surface area contributed by atoms with Gasteiger partial charge in [-0.2, -0.15) is 0 Å². The van der Waals surface area contributed by atoms with Gasteiger partial charge in [-0.1, -0.05) is 41.9 Å².